The molecule has 0 aliphatic carbocycles. The van der Waals surface area contributed by atoms with Gasteiger partial charge in [0.2, 0.25) is 0 Å². The summed E-state index contributed by atoms with van der Waals surface area (Å²) < 4.78 is 16.6. The van der Waals surface area contributed by atoms with Crippen LogP contribution in [-0.4, -0.2) is 64.5 Å². The van der Waals surface area contributed by atoms with Gasteiger partial charge in [0.05, 0.1) is 26.9 Å². The minimum Gasteiger partial charge on any atom is -0.496 e. The lowest BCUT2D eigenvalue weighted by molar-refractivity contribution is 0.114. The zero-order valence-electron chi connectivity index (χ0n) is 16.1. The number of hydrogen-bond donors (Lipinski definition) is 1. The highest BCUT2D eigenvalue weighted by Gasteiger charge is 2.24. The monoisotopic (exact) mass is 477 g/mol. The van der Waals surface area contributed by atoms with E-state index in [1.807, 2.05) is 38.2 Å². The van der Waals surface area contributed by atoms with Crippen molar-refractivity contribution in [2.75, 3.05) is 53.6 Å². The lowest BCUT2D eigenvalue weighted by Gasteiger charge is -2.21. The van der Waals surface area contributed by atoms with E-state index in [4.69, 9.17) is 14.2 Å². The van der Waals surface area contributed by atoms with Crippen LogP contribution in [0, 0.1) is 5.92 Å². The summed E-state index contributed by atoms with van der Waals surface area (Å²) in [6, 6.07) is 7.93. The van der Waals surface area contributed by atoms with E-state index in [0.717, 1.165) is 56.5 Å². The molecule has 0 radical (unpaired) electrons. The van der Waals surface area contributed by atoms with E-state index in [1.165, 1.54) is 0 Å². The molecule has 0 aromatic heterocycles. The van der Waals surface area contributed by atoms with Crippen molar-refractivity contribution in [1.82, 2.24) is 10.2 Å². The number of nitrogens with one attached hydrogen (secondary N) is 1. The van der Waals surface area contributed by atoms with Crippen LogP contribution < -0.4 is 10.1 Å². The average Bonchev–Trinajstić information content (AvgIpc) is 3.12. The van der Waals surface area contributed by atoms with Crippen molar-refractivity contribution in [2.45, 2.75) is 20.0 Å². The van der Waals surface area contributed by atoms with Gasteiger partial charge in [-0.1, -0.05) is 18.2 Å². The second-order valence-electron chi connectivity index (χ2n) is 6.10. The Labute approximate surface area is 174 Å². The van der Waals surface area contributed by atoms with Gasteiger partial charge in [-0.3, -0.25) is 4.99 Å². The first-order chi connectivity index (χ1) is 12.3. The van der Waals surface area contributed by atoms with E-state index in [2.05, 4.69) is 15.2 Å². The molecule has 1 fully saturated rings. The molecule has 1 aromatic rings. The Bertz CT molecular complexity index is 543. The van der Waals surface area contributed by atoms with Crippen LogP contribution in [-0.2, 0) is 16.1 Å². The summed E-state index contributed by atoms with van der Waals surface area (Å²) in [6.45, 7) is 7.59. The summed E-state index contributed by atoms with van der Waals surface area (Å²) in [5.41, 5.74) is 1.06. The second-order valence-corrected chi connectivity index (χ2v) is 6.10. The molecule has 6 nitrogen and oxygen atoms in total. The normalized spacial score (nSPS) is 17.1. The third-order valence-electron chi connectivity index (χ3n) is 4.33. The van der Waals surface area contributed by atoms with Crippen LogP contribution in [0.3, 0.4) is 0 Å². The average molecular weight is 477 g/mol. The van der Waals surface area contributed by atoms with Gasteiger partial charge >= 0.3 is 0 Å². The molecular weight excluding hydrogens is 445 g/mol. The van der Waals surface area contributed by atoms with Gasteiger partial charge < -0.3 is 24.4 Å². The molecule has 1 heterocycles. The summed E-state index contributed by atoms with van der Waals surface area (Å²) in [4.78, 5) is 6.68. The van der Waals surface area contributed by atoms with E-state index in [-0.39, 0.29) is 24.0 Å². The van der Waals surface area contributed by atoms with E-state index < -0.39 is 0 Å². The van der Waals surface area contributed by atoms with Gasteiger partial charge in [-0.2, -0.15) is 0 Å². The molecule has 1 saturated heterocycles. The van der Waals surface area contributed by atoms with Gasteiger partial charge in [-0.25, -0.2) is 0 Å². The number of rotatable bonds is 9. The minimum absolute atomic E-state index is 0. The van der Waals surface area contributed by atoms with E-state index in [1.54, 1.807) is 7.11 Å². The van der Waals surface area contributed by atoms with E-state index >= 15 is 0 Å². The first-order valence-electron chi connectivity index (χ1n) is 9.01. The SMILES string of the molecule is CCOCC1CCN(C(=NC)NCCOCc2ccccc2OC)C1.I. The molecule has 0 bridgehead atoms. The zero-order chi connectivity index (χ0) is 17.9. The maximum absolute atomic E-state index is 5.76. The molecule has 1 aliphatic rings. The number of guanidine groups is 1. The summed E-state index contributed by atoms with van der Waals surface area (Å²) in [5.74, 6) is 2.41. The van der Waals surface area contributed by atoms with Gasteiger partial charge in [-0.05, 0) is 19.4 Å². The highest BCUT2D eigenvalue weighted by Crippen LogP contribution is 2.18. The molecule has 1 aliphatic heterocycles. The zero-order valence-corrected chi connectivity index (χ0v) is 18.4. The van der Waals surface area contributed by atoms with E-state index in [9.17, 15) is 0 Å². The Kier molecular flexibility index (Phi) is 11.6. The first-order valence-corrected chi connectivity index (χ1v) is 9.01. The maximum Gasteiger partial charge on any atom is 0.193 e. The highest BCUT2D eigenvalue weighted by molar-refractivity contribution is 14.0. The highest BCUT2D eigenvalue weighted by atomic mass is 127. The molecule has 148 valence electrons. The van der Waals surface area contributed by atoms with Crippen molar-refractivity contribution in [2.24, 2.45) is 10.9 Å². The van der Waals surface area contributed by atoms with E-state index in [0.29, 0.717) is 19.1 Å². The number of ether oxygens (including phenoxy) is 3. The van der Waals surface area contributed by atoms with Crippen LogP contribution in [0.5, 0.6) is 5.75 Å². The fraction of sp³-hybridized carbons (Fsp3) is 0.632. The third-order valence-corrected chi connectivity index (χ3v) is 4.33. The summed E-state index contributed by atoms with van der Waals surface area (Å²) in [7, 11) is 3.51. The Morgan fingerprint density at radius 1 is 1.31 bits per heavy atom. The fourth-order valence-electron chi connectivity index (χ4n) is 3.02. The quantitative estimate of drug-likeness (QED) is 0.257. The predicted molar refractivity (Wildman–Crippen MR) is 116 cm³/mol. The predicted octanol–water partition coefficient (Wildman–Crippen LogP) is 2.76. The Morgan fingerprint density at radius 2 is 2.12 bits per heavy atom. The molecule has 0 saturated carbocycles. The van der Waals surface area contributed by atoms with Crippen LogP contribution >= 0.6 is 24.0 Å². The van der Waals surface area contributed by atoms with Crippen molar-refractivity contribution < 1.29 is 14.2 Å². The van der Waals surface area contributed by atoms with Crippen molar-refractivity contribution in [1.29, 1.82) is 0 Å². The number of likely N-dealkylation sites (tertiary alicyclic amines) is 1. The Morgan fingerprint density at radius 3 is 2.85 bits per heavy atom. The van der Waals surface area contributed by atoms with Crippen molar-refractivity contribution in [3.05, 3.63) is 29.8 Å². The molecule has 1 atom stereocenters. The molecule has 0 amide bonds. The Hall–Kier alpha value is -1.06. The molecule has 0 spiro atoms. The number of halogens is 1. The first kappa shape index (κ1) is 23.0. The largest absolute Gasteiger partial charge is 0.496 e. The van der Waals surface area contributed by atoms with Crippen molar-refractivity contribution >= 4 is 29.9 Å². The number of hydrogen-bond acceptors (Lipinski definition) is 4. The van der Waals surface area contributed by atoms with Crippen molar-refractivity contribution in [3.63, 3.8) is 0 Å². The molecule has 7 heteroatoms. The number of nitrogens with zero attached hydrogens (tertiary/aromatic N) is 2. The lowest BCUT2D eigenvalue weighted by Crippen LogP contribution is -2.41. The summed E-state index contributed by atoms with van der Waals surface area (Å²) in [5, 5.41) is 3.38. The number of aliphatic imine (C=N–C) groups is 1. The lowest BCUT2D eigenvalue weighted by atomic mass is 10.1. The fourth-order valence-corrected chi connectivity index (χ4v) is 3.02. The second kappa shape index (κ2) is 13.2. The van der Waals surface area contributed by atoms with Gasteiger partial charge in [0.15, 0.2) is 5.96 Å². The summed E-state index contributed by atoms with van der Waals surface area (Å²) >= 11 is 0. The molecular formula is C19H32IN3O3. The van der Waals surface area contributed by atoms with Gasteiger partial charge in [-0.15, -0.1) is 24.0 Å². The summed E-state index contributed by atoms with van der Waals surface area (Å²) in [6.07, 6.45) is 1.16. The van der Waals surface area contributed by atoms with Gasteiger partial charge in [0.25, 0.3) is 0 Å². The molecule has 2 rings (SSSR count). The van der Waals surface area contributed by atoms with Crippen LogP contribution in [0.15, 0.2) is 29.3 Å². The molecule has 1 N–H and O–H groups in total. The topological polar surface area (TPSA) is 55.3 Å². The molecule has 1 aromatic carbocycles. The maximum atomic E-state index is 5.76. The number of para-hydroxylation sites is 1. The number of methoxy groups -OCH3 is 1. The number of benzene rings is 1. The molecule has 26 heavy (non-hydrogen) atoms. The van der Waals surface area contributed by atoms with Crippen LogP contribution in [0.4, 0.5) is 0 Å². The third kappa shape index (κ3) is 7.28. The van der Waals surface area contributed by atoms with Crippen LogP contribution in [0.1, 0.15) is 18.9 Å². The van der Waals surface area contributed by atoms with Crippen LogP contribution in [0.2, 0.25) is 0 Å². The van der Waals surface area contributed by atoms with Crippen molar-refractivity contribution in [3.8, 4) is 5.75 Å². The standard InChI is InChI=1S/C19H31N3O3.HI/c1-4-24-14-16-9-11-22(13-16)19(20-2)21-10-12-25-15-17-7-5-6-8-18(17)23-3;/h5-8,16H,4,9-15H2,1-3H3,(H,20,21);1H. The van der Waals surface area contributed by atoms with Crippen LogP contribution in [0.25, 0.3) is 0 Å². The Balaban J connectivity index is 0.00000338. The minimum atomic E-state index is 0. The van der Waals surface area contributed by atoms with Gasteiger partial charge in [0.1, 0.15) is 5.75 Å². The van der Waals surface area contributed by atoms with Gasteiger partial charge in [0, 0.05) is 44.8 Å². The smallest absolute Gasteiger partial charge is 0.193 e. The molecule has 1 unspecified atom stereocenters.